The molecule has 0 amide bonds. The molecule has 4 aromatic heterocycles. The number of hydrogen-bond donors (Lipinski definition) is 0. The SMILES string of the molecule is CCS(=O)(=O)c1c(Br)c2ccccn2c1-c1nc2cc(C(F)(F)F)cnc2n1C. The predicted molar refractivity (Wildman–Crippen MR) is 105 cm³/mol. The monoisotopic (exact) mass is 486 g/mol. The van der Waals surface area contributed by atoms with Crippen LogP contribution < -0.4 is 0 Å². The van der Waals surface area contributed by atoms with Crippen LogP contribution in [0.3, 0.4) is 0 Å². The van der Waals surface area contributed by atoms with E-state index >= 15 is 0 Å². The number of aromatic nitrogens is 4. The third-order valence-electron chi connectivity index (χ3n) is 4.68. The minimum absolute atomic E-state index is 0.0270. The smallest absolute Gasteiger partial charge is 0.312 e. The zero-order valence-corrected chi connectivity index (χ0v) is 17.6. The average Bonchev–Trinajstić information content (AvgIpc) is 3.16. The number of aryl methyl sites for hydroxylation is 1. The fourth-order valence-electron chi connectivity index (χ4n) is 3.23. The Morgan fingerprint density at radius 2 is 1.97 bits per heavy atom. The normalized spacial score (nSPS) is 12.9. The molecule has 29 heavy (non-hydrogen) atoms. The number of nitrogens with zero attached hydrogens (tertiary/aromatic N) is 4. The number of imidazole rings is 1. The van der Waals surface area contributed by atoms with E-state index in [2.05, 4.69) is 25.9 Å². The van der Waals surface area contributed by atoms with Crippen LogP contribution in [0.1, 0.15) is 12.5 Å². The molecule has 0 aliphatic heterocycles. The molecule has 0 atom stereocenters. The van der Waals surface area contributed by atoms with Crippen LogP contribution in [0.2, 0.25) is 0 Å². The summed E-state index contributed by atoms with van der Waals surface area (Å²) in [5.41, 5.74) is 0.195. The Kier molecular flexibility index (Phi) is 4.50. The highest BCUT2D eigenvalue weighted by Gasteiger charge is 2.33. The molecule has 0 radical (unpaired) electrons. The Hall–Kier alpha value is -2.40. The second-order valence-corrected chi connectivity index (χ2v) is 9.42. The molecule has 4 rings (SSSR count). The van der Waals surface area contributed by atoms with E-state index < -0.39 is 21.6 Å². The molecule has 0 spiro atoms. The van der Waals surface area contributed by atoms with Crippen LogP contribution in [0.25, 0.3) is 28.2 Å². The van der Waals surface area contributed by atoms with Crippen LogP contribution in [-0.4, -0.2) is 33.1 Å². The lowest BCUT2D eigenvalue weighted by atomic mass is 10.2. The van der Waals surface area contributed by atoms with E-state index in [1.165, 1.54) is 11.5 Å². The Morgan fingerprint density at radius 1 is 1.24 bits per heavy atom. The fourth-order valence-corrected chi connectivity index (χ4v) is 5.63. The van der Waals surface area contributed by atoms with Gasteiger partial charge in [-0.15, -0.1) is 0 Å². The first-order valence-corrected chi connectivity index (χ1v) is 10.9. The maximum absolute atomic E-state index is 13.1. The second-order valence-electron chi connectivity index (χ2n) is 6.41. The molecular formula is C18H14BrF3N4O2S. The van der Waals surface area contributed by atoms with Crippen molar-refractivity contribution in [3.63, 3.8) is 0 Å². The minimum atomic E-state index is -4.56. The lowest BCUT2D eigenvalue weighted by molar-refractivity contribution is -0.137. The topological polar surface area (TPSA) is 69.3 Å². The van der Waals surface area contributed by atoms with Crippen molar-refractivity contribution in [1.29, 1.82) is 0 Å². The highest BCUT2D eigenvalue weighted by molar-refractivity contribution is 9.10. The number of fused-ring (bicyclic) bond motifs is 2. The van der Waals surface area contributed by atoms with Gasteiger partial charge in [0.15, 0.2) is 21.3 Å². The van der Waals surface area contributed by atoms with Gasteiger partial charge in [0.25, 0.3) is 0 Å². The first kappa shape index (κ1) is 19.9. The highest BCUT2D eigenvalue weighted by atomic mass is 79.9. The predicted octanol–water partition coefficient (Wildman–Crippen LogP) is 4.46. The van der Waals surface area contributed by atoms with Gasteiger partial charge in [-0.3, -0.25) is 0 Å². The maximum atomic E-state index is 13.1. The van der Waals surface area contributed by atoms with Gasteiger partial charge in [0.05, 0.1) is 21.3 Å². The summed E-state index contributed by atoms with van der Waals surface area (Å²) < 4.78 is 68.4. The Morgan fingerprint density at radius 3 is 2.62 bits per heavy atom. The van der Waals surface area contributed by atoms with Crippen molar-refractivity contribution in [3.8, 4) is 11.5 Å². The highest BCUT2D eigenvalue weighted by Crippen LogP contribution is 2.40. The molecule has 4 aromatic rings. The van der Waals surface area contributed by atoms with Gasteiger partial charge < -0.3 is 8.97 Å². The van der Waals surface area contributed by atoms with Crippen molar-refractivity contribution in [2.75, 3.05) is 5.75 Å². The molecule has 0 unspecified atom stereocenters. The van der Waals surface area contributed by atoms with E-state index in [0.717, 1.165) is 12.3 Å². The van der Waals surface area contributed by atoms with Crippen molar-refractivity contribution in [1.82, 2.24) is 18.9 Å². The van der Waals surface area contributed by atoms with E-state index in [1.807, 2.05) is 0 Å². The zero-order valence-electron chi connectivity index (χ0n) is 15.2. The van der Waals surface area contributed by atoms with Gasteiger partial charge in [-0.2, -0.15) is 13.2 Å². The summed E-state index contributed by atoms with van der Waals surface area (Å²) in [4.78, 5) is 8.27. The lowest BCUT2D eigenvalue weighted by Gasteiger charge is -2.07. The van der Waals surface area contributed by atoms with E-state index in [-0.39, 0.29) is 33.3 Å². The van der Waals surface area contributed by atoms with Crippen LogP contribution in [0.5, 0.6) is 0 Å². The number of alkyl halides is 3. The van der Waals surface area contributed by atoms with Crippen molar-refractivity contribution < 1.29 is 21.6 Å². The van der Waals surface area contributed by atoms with Crippen LogP contribution in [0.15, 0.2) is 46.0 Å². The third-order valence-corrected chi connectivity index (χ3v) is 7.52. The molecule has 0 fully saturated rings. The number of hydrogen-bond acceptors (Lipinski definition) is 4. The molecule has 0 aliphatic carbocycles. The summed E-state index contributed by atoms with van der Waals surface area (Å²) in [6.07, 6.45) is -2.14. The summed E-state index contributed by atoms with van der Waals surface area (Å²) in [6.45, 7) is 1.53. The molecular weight excluding hydrogens is 473 g/mol. The number of pyridine rings is 2. The van der Waals surface area contributed by atoms with Crippen LogP contribution >= 0.6 is 15.9 Å². The molecule has 4 heterocycles. The second kappa shape index (κ2) is 6.56. The minimum Gasteiger partial charge on any atom is -0.312 e. The summed E-state index contributed by atoms with van der Waals surface area (Å²) in [5, 5.41) is 0. The molecule has 0 saturated heterocycles. The molecule has 152 valence electrons. The quantitative estimate of drug-likeness (QED) is 0.428. The summed E-state index contributed by atoms with van der Waals surface area (Å²) in [5.74, 6) is 0.0568. The Labute approximate surface area is 172 Å². The lowest BCUT2D eigenvalue weighted by Crippen LogP contribution is -2.07. The van der Waals surface area contributed by atoms with Gasteiger partial charge in [-0.05, 0) is 34.1 Å². The Bertz CT molecular complexity index is 1370. The summed E-state index contributed by atoms with van der Waals surface area (Å²) in [7, 11) is -2.09. The third kappa shape index (κ3) is 3.03. The molecule has 11 heteroatoms. The largest absolute Gasteiger partial charge is 0.417 e. The van der Waals surface area contributed by atoms with Gasteiger partial charge in [0.1, 0.15) is 16.1 Å². The number of halogens is 4. The fraction of sp³-hybridized carbons (Fsp3) is 0.222. The first-order chi connectivity index (χ1) is 13.6. The van der Waals surface area contributed by atoms with Crippen LogP contribution in [0.4, 0.5) is 13.2 Å². The molecule has 6 nitrogen and oxygen atoms in total. The first-order valence-electron chi connectivity index (χ1n) is 8.47. The Balaban J connectivity index is 2.11. The van der Waals surface area contributed by atoms with Gasteiger partial charge in [0.2, 0.25) is 0 Å². The molecule has 0 saturated carbocycles. The van der Waals surface area contributed by atoms with E-state index in [9.17, 15) is 21.6 Å². The number of rotatable bonds is 3. The molecule has 0 N–H and O–H groups in total. The summed E-state index contributed by atoms with van der Waals surface area (Å²) in [6, 6.07) is 6.14. The van der Waals surface area contributed by atoms with Gasteiger partial charge in [0, 0.05) is 19.4 Å². The van der Waals surface area contributed by atoms with Gasteiger partial charge in [-0.1, -0.05) is 13.0 Å². The summed E-state index contributed by atoms with van der Waals surface area (Å²) >= 11 is 3.38. The van der Waals surface area contributed by atoms with Crippen molar-refractivity contribution in [2.24, 2.45) is 7.05 Å². The van der Waals surface area contributed by atoms with Gasteiger partial charge in [-0.25, -0.2) is 18.4 Å². The van der Waals surface area contributed by atoms with Crippen molar-refractivity contribution >= 4 is 42.4 Å². The van der Waals surface area contributed by atoms with Crippen LogP contribution in [0, 0.1) is 0 Å². The van der Waals surface area contributed by atoms with E-state index in [1.54, 1.807) is 35.8 Å². The van der Waals surface area contributed by atoms with E-state index in [0.29, 0.717) is 9.99 Å². The molecule has 0 bridgehead atoms. The zero-order chi connectivity index (χ0) is 21.1. The average molecular weight is 487 g/mol. The number of sulfone groups is 1. The maximum Gasteiger partial charge on any atom is 0.417 e. The van der Waals surface area contributed by atoms with Crippen LogP contribution in [-0.2, 0) is 23.1 Å². The molecule has 0 aliphatic rings. The van der Waals surface area contributed by atoms with Gasteiger partial charge >= 0.3 is 6.18 Å². The van der Waals surface area contributed by atoms with Crippen molar-refractivity contribution in [2.45, 2.75) is 18.0 Å². The molecule has 0 aromatic carbocycles. The van der Waals surface area contributed by atoms with E-state index in [4.69, 9.17) is 0 Å². The van der Waals surface area contributed by atoms with Crippen molar-refractivity contribution in [3.05, 3.63) is 46.7 Å². The standard InChI is InChI=1S/C18H14BrF3N4O2S/c1-3-29(27,28)15-13(19)12-6-4-5-7-26(12)14(15)17-24-11-8-10(18(20,21)22)9-23-16(11)25(17)2/h4-9H,3H2,1-2H3.